The number of aromatic nitrogens is 2. The van der Waals surface area contributed by atoms with Crippen LogP contribution < -0.4 is 5.56 Å². The van der Waals surface area contributed by atoms with Crippen molar-refractivity contribution in [1.82, 2.24) is 9.78 Å². The van der Waals surface area contributed by atoms with Gasteiger partial charge in [-0.3, -0.25) is 4.79 Å². The van der Waals surface area contributed by atoms with E-state index in [9.17, 15) is 9.90 Å². The highest BCUT2D eigenvalue weighted by molar-refractivity contribution is 6.31. The average molecular weight is 237 g/mol. The zero-order valence-corrected chi connectivity index (χ0v) is 9.27. The molecule has 2 aromatic rings. The molecule has 0 radical (unpaired) electrons. The molecule has 4 nitrogen and oxygen atoms in total. The predicted molar refractivity (Wildman–Crippen MR) is 61.6 cm³/mol. The van der Waals surface area contributed by atoms with Gasteiger partial charge in [0, 0.05) is 7.05 Å². The molecule has 0 aliphatic carbocycles. The van der Waals surface area contributed by atoms with Gasteiger partial charge in [-0.15, -0.1) is 0 Å². The lowest BCUT2D eigenvalue weighted by Gasteiger charge is -2.06. The Morgan fingerprint density at radius 1 is 1.31 bits per heavy atom. The lowest BCUT2D eigenvalue weighted by Crippen LogP contribution is -2.21. The van der Waals surface area contributed by atoms with E-state index in [1.165, 1.54) is 7.05 Å². The number of halogens is 1. The van der Waals surface area contributed by atoms with E-state index in [2.05, 4.69) is 5.10 Å². The maximum Gasteiger partial charge on any atom is 0.278 e. The van der Waals surface area contributed by atoms with Crippen LogP contribution >= 0.6 is 11.6 Å². The number of hydrogen-bond acceptors (Lipinski definition) is 3. The second kappa shape index (κ2) is 3.98. The highest BCUT2D eigenvalue weighted by atomic mass is 35.5. The fraction of sp³-hybridized carbons (Fsp3) is 0.0909. The normalized spacial score (nSPS) is 10.4. The molecule has 0 fully saturated rings. The van der Waals surface area contributed by atoms with Crippen LogP contribution in [0.2, 0.25) is 5.15 Å². The van der Waals surface area contributed by atoms with Gasteiger partial charge < -0.3 is 5.11 Å². The van der Waals surface area contributed by atoms with Gasteiger partial charge in [0.1, 0.15) is 0 Å². The molecule has 2 rings (SSSR count). The quantitative estimate of drug-likeness (QED) is 0.822. The number of benzene rings is 1. The molecule has 1 heterocycles. The standard InChI is InChI=1S/C11H9ClN2O2/c1-14-11(16)8(9(15)10(12)13-14)7-5-3-2-4-6-7/h2-6,15H,1H3. The SMILES string of the molecule is Cn1nc(Cl)c(O)c(-c2ccccc2)c1=O. The van der Waals surface area contributed by atoms with Gasteiger partial charge in [0.05, 0.1) is 5.56 Å². The molecule has 1 aromatic heterocycles. The van der Waals surface area contributed by atoms with Crippen molar-refractivity contribution in [2.45, 2.75) is 0 Å². The van der Waals surface area contributed by atoms with Crippen LogP contribution in [0.3, 0.4) is 0 Å². The fourth-order valence-electron chi connectivity index (χ4n) is 1.46. The lowest BCUT2D eigenvalue weighted by atomic mass is 10.1. The van der Waals surface area contributed by atoms with Gasteiger partial charge in [-0.05, 0) is 5.56 Å². The van der Waals surface area contributed by atoms with Crippen molar-refractivity contribution < 1.29 is 5.11 Å². The first kappa shape index (κ1) is 10.7. The fourth-order valence-corrected chi connectivity index (χ4v) is 1.66. The molecule has 0 bridgehead atoms. The highest BCUT2D eigenvalue weighted by Crippen LogP contribution is 2.29. The molecule has 0 aliphatic rings. The summed E-state index contributed by atoms with van der Waals surface area (Å²) in [7, 11) is 1.49. The van der Waals surface area contributed by atoms with Crippen molar-refractivity contribution in [3.05, 3.63) is 45.8 Å². The van der Waals surface area contributed by atoms with Crippen LogP contribution in [0.15, 0.2) is 35.1 Å². The van der Waals surface area contributed by atoms with Gasteiger partial charge in [-0.1, -0.05) is 41.9 Å². The van der Waals surface area contributed by atoms with Crippen molar-refractivity contribution >= 4 is 11.6 Å². The maximum absolute atomic E-state index is 11.8. The number of aromatic hydroxyl groups is 1. The van der Waals surface area contributed by atoms with Gasteiger partial charge in [0.15, 0.2) is 10.9 Å². The van der Waals surface area contributed by atoms with E-state index in [4.69, 9.17) is 11.6 Å². The Hall–Kier alpha value is -1.81. The summed E-state index contributed by atoms with van der Waals surface area (Å²) < 4.78 is 1.10. The molecule has 0 spiro atoms. The Morgan fingerprint density at radius 2 is 1.94 bits per heavy atom. The number of rotatable bonds is 1. The maximum atomic E-state index is 11.8. The van der Waals surface area contributed by atoms with E-state index in [0.717, 1.165) is 4.68 Å². The second-order valence-electron chi connectivity index (χ2n) is 3.31. The summed E-state index contributed by atoms with van der Waals surface area (Å²) in [5.41, 5.74) is 0.404. The molecule has 0 unspecified atom stereocenters. The highest BCUT2D eigenvalue weighted by Gasteiger charge is 2.15. The zero-order valence-electron chi connectivity index (χ0n) is 8.51. The molecular weight excluding hydrogens is 228 g/mol. The molecule has 1 N–H and O–H groups in total. The van der Waals surface area contributed by atoms with Crippen LogP contribution in [0.25, 0.3) is 11.1 Å². The number of aryl methyl sites for hydroxylation is 1. The van der Waals surface area contributed by atoms with Gasteiger partial charge in [-0.25, -0.2) is 4.68 Å². The third-order valence-corrected chi connectivity index (χ3v) is 2.49. The molecule has 0 amide bonds. The number of nitrogens with zero attached hydrogens (tertiary/aromatic N) is 2. The molecule has 0 aliphatic heterocycles. The first-order valence-corrected chi connectivity index (χ1v) is 5.00. The minimum Gasteiger partial charge on any atom is -0.504 e. The monoisotopic (exact) mass is 236 g/mol. The molecule has 0 saturated heterocycles. The summed E-state index contributed by atoms with van der Waals surface area (Å²) in [6.45, 7) is 0. The molecule has 1 aromatic carbocycles. The Labute approximate surface area is 96.7 Å². The predicted octanol–water partition coefficient (Wildman–Crippen LogP) is 1.81. The van der Waals surface area contributed by atoms with Crippen LogP contribution in [0, 0.1) is 0 Å². The van der Waals surface area contributed by atoms with Crippen molar-refractivity contribution in [3.63, 3.8) is 0 Å². The van der Waals surface area contributed by atoms with E-state index in [1.807, 2.05) is 6.07 Å². The summed E-state index contributed by atoms with van der Waals surface area (Å²) in [5.74, 6) is -0.282. The van der Waals surface area contributed by atoms with Crippen LogP contribution in [0.4, 0.5) is 0 Å². The van der Waals surface area contributed by atoms with E-state index in [-0.39, 0.29) is 22.0 Å². The van der Waals surface area contributed by atoms with Gasteiger partial charge >= 0.3 is 0 Å². The van der Waals surface area contributed by atoms with Crippen molar-refractivity contribution in [3.8, 4) is 16.9 Å². The second-order valence-corrected chi connectivity index (χ2v) is 3.67. The average Bonchev–Trinajstić information content (AvgIpc) is 2.28. The minimum absolute atomic E-state index is 0.0825. The van der Waals surface area contributed by atoms with Gasteiger partial charge in [0.25, 0.3) is 5.56 Å². The third-order valence-electron chi connectivity index (χ3n) is 2.24. The molecule has 16 heavy (non-hydrogen) atoms. The van der Waals surface area contributed by atoms with Crippen LogP contribution in [0.1, 0.15) is 0 Å². The van der Waals surface area contributed by atoms with Crippen molar-refractivity contribution in [1.29, 1.82) is 0 Å². The van der Waals surface area contributed by atoms with Crippen molar-refractivity contribution in [2.75, 3.05) is 0 Å². The van der Waals surface area contributed by atoms with Crippen LogP contribution in [-0.4, -0.2) is 14.9 Å². The summed E-state index contributed by atoms with van der Waals surface area (Å²) in [6, 6.07) is 8.85. The first-order chi connectivity index (χ1) is 7.61. The minimum atomic E-state index is -0.381. The van der Waals surface area contributed by atoms with E-state index in [1.54, 1.807) is 24.3 Å². The Morgan fingerprint density at radius 3 is 2.56 bits per heavy atom. The largest absolute Gasteiger partial charge is 0.504 e. The Balaban J connectivity index is 2.80. The van der Waals surface area contributed by atoms with Crippen LogP contribution in [-0.2, 0) is 7.05 Å². The van der Waals surface area contributed by atoms with Gasteiger partial charge in [-0.2, -0.15) is 5.10 Å². The number of hydrogen-bond donors (Lipinski definition) is 1. The molecule has 0 atom stereocenters. The molecular formula is C11H9ClN2O2. The van der Waals surface area contributed by atoms with E-state index in [0.29, 0.717) is 5.56 Å². The summed E-state index contributed by atoms with van der Waals surface area (Å²) in [6.07, 6.45) is 0. The first-order valence-electron chi connectivity index (χ1n) is 4.62. The smallest absolute Gasteiger partial charge is 0.278 e. The van der Waals surface area contributed by atoms with Crippen LogP contribution in [0.5, 0.6) is 5.75 Å². The molecule has 5 heteroatoms. The summed E-state index contributed by atoms with van der Waals surface area (Å²) in [4.78, 5) is 11.8. The Bertz CT molecular complexity index is 579. The lowest BCUT2D eigenvalue weighted by molar-refractivity contribution is 0.467. The van der Waals surface area contributed by atoms with Gasteiger partial charge in [0.2, 0.25) is 0 Å². The topological polar surface area (TPSA) is 55.1 Å². The zero-order chi connectivity index (χ0) is 11.7. The van der Waals surface area contributed by atoms with E-state index >= 15 is 0 Å². The van der Waals surface area contributed by atoms with E-state index < -0.39 is 0 Å². The molecule has 0 saturated carbocycles. The summed E-state index contributed by atoms with van der Waals surface area (Å²) in [5, 5.41) is 13.3. The molecule has 82 valence electrons. The summed E-state index contributed by atoms with van der Waals surface area (Å²) >= 11 is 5.72. The van der Waals surface area contributed by atoms with Crippen molar-refractivity contribution in [2.24, 2.45) is 7.05 Å². The third kappa shape index (κ3) is 1.67. The Kier molecular flexibility index (Phi) is 2.66.